The van der Waals surface area contributed by atoms with Crippen LogP contribution in [0.4, 0.5) is 0 Å². The summed E-state index contributed by atoms with van der Waals surface area (Å²) in [6.07, 6.45) is 3.82. The standard InChI is InChI=1S/C18H22N2O4S/c1-12-6-7-14(24-12)16-19-13(11-25-16)10-15(21)20(2)18(17(22)23)8-4-3-5-9-18/h6-7,11H,3-5,8-10H2,1-2H3,(H,22,23). The number of hydrogen-bond donors (Lipinski definition) is 1. The molecule has 0 aromatic carbocycles. The molecule has 0 saturated heterocycles. The molecule has 0 radical (unpaired) electrons. The number of rotatable bonds is 5. The van der Waals surface area contributed by atoms with Crippen LogP contribution >= 0.6 is 11.3 Å². The maximum atomic E-state index is 12.7. The molecular formula is C18H22N2O4S. The largest absolute Gasteiger partial charge is 0.479 e. The molecule has 1 N–H and O–H groups in total. The number of likely N-dealkylation sites (N-methyl/N-ethyl adjacent to an activating group) is 1. The van der Waals surface area contributed by atoms with E-state index in [0.717, 1.165) is 30.0 Å². The van der Waals surface area contributed by atoms with Gasteiger partial charge in [-0.05, 0) is 31.9 Å². The summed E-state index contributed by atoms with van der Waals surface area (Å²) in [6, 6.07) is 3.72. The number of aliphatic carboxylic acids is 1. The monoisotopic (exact) mass is 362 g/mol. The second kappa shape index (κ2) is 7.00. The third-order valence-corrected chi connectivity index (χ3v) is 5.84. The summed E-state index contributed by atoms with van der Waals surface area (Å²) in [7, 11) is 1.60. The lowest BCUT2D eigenvalue weighted by Crippen LogP contribution is -2.56. The molecule has 25 heavy (non-hydrogen) atoms. The van der Waals surface area contributed by atoms with E-state index < -0.39 is 11.5 Å². The second-order valence-corrected chi connectivity index (χ2v) is 7.44. The first-order valence-corrected chi connectivity index (χ1v) is 9.31. The van der Waals surface area contributed by atoms with Crippen molar-refractivity contribution in [3.8, 4) is 10.8 Å². The molecule has 0 atom stereocenters. The summed E-state index contributed by atoms with van der Waals surface area (Å²) in [4.78, 5) is 30.4. The van der Waals surface area contributed by atoms with Crippen LogP contribution in [0.1, 0.15) is 43.6 Å². The molecule has 1 aliphatic carbocycles. The van der Waals surface area contributed by atoms with Gasteiger partial charge in [0.15, 0.2) is 10.8 Å². The summed E-state index contributed by atoms with van der Waals surface area (Å²) in [5.41, 5.74) is -0.436. The Labute approximate surface area is 150 Å². The van der Waals surface area contributed by atoms with Crippen LogP contribution in [0.25, 0.3) is 10.8 Å². The normalized spacial score (nSPS) is 16.6. The molecule has 7 heteroatoms. The van der Waals surface area contributed by atoms with Crippen LogP contribution in [0.15, 0.2) is 21.9 Å². The number of aryl methyl sites for hydroxylation is 1. The fraction of sp³-hybridized carbons (Fsp3) is 0.500. The van der Waals surface area contributed by atoms with E-state index in [9.17, 15) is 14.7 Å². The Balaban J connectivity index is 1.73. The van der Waals surface area contributed by atoms with Crippen molar-refractivity contribution in [2.45, 2.75) is 51.0 Å². The van der Waals surface area contributed by atoms with Gasteiger partial charge in [-0.3, -0.25) is 4.79 Å². The maximum absolute atomic E-state index is 12.7. The minimum Gasteiger partial charge on any atom is -0.479 e. The Hall–Kier alpha value is -2.15. The first-order chi connectivity index (χ1) is 11.9. The molecule has 6 nitrogen and oxygen atoms in total. The molecule has 3 rings (SSSR count). The van der Waals surface area contributed by atoms with Crippen molar-refractivity contribution in [2.24, 2.45) is 0 Å². The van der Waals surface area contributed by atoms with E-state index in [2.05, 4.69) is 4.98 Å². The molecule has 0 spiro atoms. The van der Waals surface area contributed by atoms with Gasteiger partial charge in [0.1, 0.15) is 11.3 Å². The summed E-state index contributed by atoms with van der Waals surface area (Å²) in [5.74, 6) is 0.372. The topological polar surface area (TPSA) is 83.6 Å². The van der Waals surface area contributed by atoms with Crippen molar-refractivity contribution < 1.29 is 19.1 Å². The smallest absolute Gasteiger partial charge is 0.329 e. The molecule has 2 aromatic heterocycles. The van der Waals surface area contributed by atoms with Crippen LogP contribution in [0, 0.1) is 6.92 Å². The molecule has 134 valence electrons. The van der Waals surface area contributed by atoms with Gasteiger partial charge in [0.05, 0.1) is 12.1 Å². The minimum atomic E-state index is -1.08. The second-order valence-electron chi connectivity index (χ2n) is 6.58. The zero-order valence-electron chi connectivity index (χ0n) is 14.4. The average Bonchev–Trinajstić information content (AvgIpc) is 3.23. The average molecular weight is 362 g/mol. The predicted molar refractivity (Wildman–Crippen MR) is 94.5 cm³/mol. The number of carbonyl (C=O) groups excluding carboxylic acids is 1. The van der Waals surface area contributed by atoms with Crippen molar-refractivity contribution in [1.29, 1.82) is 0 Å². The minimum absolute atomic E-state index is 0.0989. The van der Waals surface area contributed by atoms with Gasteiger partial charge in [-0.2, -0.15) is 0 Å². The fourth-order valence-corrected chi connectivity index (χ4v) is 4.17. The number of aromatic nitrogens is 1. The van der Waals surface area contributed by atoms with Gasteiger partial charge < -0.3 is 14.4 Å². The molecule has 1 amide bonds. The summed E-state index contributed by atoms with van der Waals surface area (Å²) >= 11 is 1.42. The van der Waals surface area contributed by atoms with Crippen molar-refractivity contribution in [3.63, 3.8) is 0 Å². The van der Waals surface area contributed by atoms with E-state index in [1.807, 2.05) is 24.4 Å². The number of furan rings is 1. The van der Waals surface area contributed by atoms with E-state index in [-0.39, 0.29) is 12.3 Å². The van der Waals surface area contributed by atoms with E-state index in [1.54, 1.807) is 7.05 Å². The van der Waals surface area contributed by atoms with Gasteiger partial charge in [-0.1, -0.05) is 19.3 Å². The Morgan fingerprint density at radius 3 is 2.64 bits per heavy atom. The third-order valence-electron chi connectivity index (χ3n) is 4.93. The molecule has 1 aliphatic rings. The SMILES string of the molecule is Cc1ccc(-c2nc(CC(=O)N(C)C3(C(=O)O)CCCCC3)cs2)o1. The van der Waals surface area contributed by atoms with Gasteiger partial charge in [-0.25, -0.2) is 9.78 Å². The lowest BCUT2D eigenvalue weighted by Gasteiger charge is -2.41. The first-order valence-electron chi connectivity index (χ1n) is 8.44. The number of carboxylic acid groups (broad SMARTS) is 1. The van der Waals surface area contributed by atoms with Gasteiger partial charge in [0.25, 0.3) is 0 Å². The zero-order chi connectivity index (χ0) is 18.0. The molecule has 0 bridgehead atoms. The summed E-state index contributed by atoms with van der Waals surface area (Å²) in [5, 5.41) is 12.3. The van der Waals surface area contributed by atoms with Crippen LogP contribution in [0.3, 0.4) is 0 Å². The Morgan fingerprint density at radius 2 is 2.04 bits per heavy atom. The number of nitrogens with zero attached hydrogens (tertiary/aromatic N) is 2. The van der Waals surface area contributed by atoms with Gasteiger partial charge in [-0.15, -0.1) is 11.3 Å². The predicted octanol–water partition coefficient (Wildman–Crippen LogP) is 3.50. The van der Waals surface area contributed by atoms with Crippen molar-refractivity contribution >= 4 is 23.2 Å². The van der Waals surface area contributed by atoms with Crippen molar-refractivity contribution in [2.75, 3.05) is 7.05 Å². The van der Waals surface area contributed by atoms with E-state index >= 15 is 0 Å². The third kappa shape index (κ3) is 3.46. The number of hydrogen-bond acceptors (Lipinski definition) is 5. The Kier molecular flexibility index (Phi) is 4.94. The molecule has 1 fully saturated rings. The van der Waals surface area contributed by atoms with Gasteiger partial charge >= 0.3 is 5.97 Å². The van der Waals surface area contributed by atoms with Crippen LogP contribution in [-0.4, -0.2) is 39.5 Å². The van der Waals surface area contributed by atoms with Gasteiger partial charge in [0, 0.05) is 12.4 Å². The molecule has 2 heterocycles. The van der Waals surface area contributed by atoms with Crippen molar-refractivity contribution in [3.05, 3.63) is 29.0 Å². The highest BCUT2D eigenvalue weighted by atomic mass is 32.1. The fourth-order valence-electron chi connectivity index (χ4n) is 3.39. The molecular weight excluding hydrogens is 340 g/mol. The molecule has 0 aliphatic heterocycles. The number of thiazole rings is 1. The Morgan fingerprint density at radius 1 is 1.32 bits per heavy atom. The lowest BCUT2D eigenvalue weighted by molar-refractivity contribution is -0.160. The van der Waals surface area contributed by atoms with E-state index in [4.69, 9.17) is 4.42 Å². The van der Waals surface area contributed by atoms with Crippen LogP contribution in [0.5, 0.6) is 0 Å². The molecule has 1 saturated carbocycles. The Bertz CT molecular complexity index is 774. The first kappa shape index (κ1) is 17.7. The zero-order valence-corrected chi connectivity index (χ0v) is 15.3. The van der Waals surface area contributed by atoms with E-state index in [0.29, 0.717) is 24.3 Å². The number of carboxylic acids is 1. The summed E-state index contributed by atoms with van der Waals surface area (Å²) in [6.45, 7) is 1.87. The van der Waals surface area contributed by atoms with Crippen LogP contribution < -0.4 is 0 Å². The van der Waals surface area contributed by atoms with E-state index in [1.165, 1.54) is 16.2 Å². The highest BCUT2D eigenvalue weighted by Gasteiger charge is 2.45. The lowest BCUT2D eigenvalue weighted by atomic mass is 9.80. The van der Waals surface area contributed by atoms with Crippen LogP contribution in [0.2, 0.25) is 0 Å². The summed E-state index contributed by atoms with van der Waals surface area (Å²) < 4.78 is 5.55. The number of carbonyl (C=O) groups is 2. The maximum Gasteiger partial charge on any atom is 0.329 e. The number of amides is 1. The highest BCUT2D eigenvalue weighted by Crippen LogP contribution is 2.34. The quantitative estimate of drug-likeness (QED) is 0.880. The highest BCUT2D eigenvalue weighted by molar-refractivity contribution is 7.13. The van der Waals surface area contributed by atoms with Crippen molar-refractivity contribution in [1.82, 2.24) is 9.88 Å². The molecule has 0 unspecified atom stereocenters. The van der Waals surface area contributed by atoms with Gasteiger partial charge in [0.2, 0.25) is 5.91 Å². The van der Waals surface area contributed by atoms with Crippen LogP contribution in [-0.2, 0) is 16.0 Å². The molecule has 2 aromatic rings.